The fourth-order valence-electron chi connectivity index (χ4n) is 2.05. The molecule has 0 aliphatic carbocycles. The van der Waals surface area contributed by atoms with Gasteiger partial charge < -0.3 is 9.47 Å². The summed E-state index contributed by atoms with van der Waals surface area (Å²) in [4.78, 5) is 11.4. The van der Waals surface area contributed by atoms with Crippen molar-refractivity contribution in [3.8, 4) is 0 Å². The van der Waals surface area contributed by atoms with Crippen LogP contribution in [0.3, 0.4) is 0 Å². The van der Waals surface area contributed by atoms with E-state index in [1.807, 2.05) is 44.2 Å². The molecule has 2 unspecified atom stereocenters. The van der Waals surface area contributed by atoms with Gasteiger partial charge >= 0.3 is 5.97 Å². The monoisotopic (exact) mass is 220 g/mol. The molecule has 2 atom stereocenters. The maximum atomic E-state index is 11.4. The molecule has 0 N–H and O–H groups in total. The lowest BCUT2D eigenvalue weighted by Crippen LogP contribution is -2.45. The van der Waals surface area contributed by atoms with Crippen LogP contribution in [0.15, 0.2) is 30.3 Å². The fraction of sp³-hybridized carbons (Fsp3) is 0.462. The Morgan fingerprint density at radius 2 is 2.06 bits per heavy atom. The van der Waals surface area contributed by atoms with Gasteiger partial charge in [0, 0.05) is 13.3 Å². The van der Waals surface area contributed by atoms with Gasteiger partial charge in [-0.15, -0.1) is 0 Å². The number of rotatable bonds is 2. The minimum atomic E-state index is -0.823. The quantitative estimate of drug-likeness (QED) is 0.717. The Morgan fingerprint density at radius 3 is 2.69 bits per heavy atom. The number of hydrogen-bond donors (Lipinski definition) is 0. The summed E-state index contributed by atoms with van der Waals surface area (Å²) < 4.78 is 11.0. The van der Waals surface area contributed by atoms with Crippen LogP contribution >= 0.6 is 0 Å². The predicted octanol–water partition coefficient (Wildman–Crippen LogP) is 2.30. The zero-order valence-electron chi connectivity index (χ0n) is 9.60. The Hall–Kier alpha value is -1.35. The summed E-state index contributed by atoms with van der Waals surface area (Å²) in [5, 5.41) is 0. The summed E-state index contributed by atoms with van der Waals surface area (Å²) in [6.07, 6.45) is 0.851. The third-order valence-electron chi connectivity index (χ3n) is 2.60. The highest BCUT2D eigenvalue weighted by atomic mass is 16.7. The average molecular weight is 220 g/mol. The van der Waals surface area contributed by atoms with Gasteiger partial charge in [-0.05, 0) is 12.5 Å². The van der Waals surface area contributed by atoms with Crippen molar-refractivity contribution in [2.75, 3.05) is 0 Å². The average Bonchev–Trinajstić information content (AvgIpc) is 2.15. The van der Waals surface area contributed by atoms with Crippen molar-refractivity contribution in [1.82, 2.24) is 0 Å². The van der Waals surface area contributed by atoms with E-state index in [1.54, 1.807) is 0 Å². The summed E-state index contributed by atoms with van der Waals surface area (Å²) in [5.41, 5.74) is 1.10. The van der Waals surface area contributed by atoms with Crippen LogP contribution in [0.25, 0.3) is 0 Å². The van der Waals surface area contributed by atoms with Gasteiger partial charge in [0.25, 0.3) is 0 Å². The Labute approximate surface area is 95.4 Å². The Morgan fingerprint density at radius 1 is 1.38 bits per heavy atom. The molecule has 86 valence electrons. The standard InChI is InChI=1S/C13H16O3/c1-10-8-12(14)16-13(2,15-10)9-11-6-4-3-5-7-11/h3-7,10H,8-9H2,1-2H3. The highest BCUT2D eigenvalue weighted by Crippen LogP contribution is 2.27. The first kappa shape index (κ1) is 11.1. The van der Waals surface area contributed by atoms with E-state index in [1.165, 1.54) is 0 Å². The molecule has 16 heavy (non-hydrogen) atoms. The first-order chi connectivity index (χ1) is 7.57. The fourth-order valence-corrected chi connectivity index (χ4v) is 2.05. The summed E-state index contributed by atoms with van der Waals surface area (Å²) in [6.45, 7) is 3.71. The lowest BCUT2D eigenvalue weighted by molar-refractivity contribution is -0.262. The van der Waals surface area contributed by atoms with Gasteiger partial charge in [-0.3, -0.25) is 4.79 Å². The van der Waals surface area contributed by atoms with Crippen LogP contribution in [0.1, 0.15) is 25.8 Å². The molecule has 1 heterocycles. The first-order valence-electron chi connectivity index (χ1n) is 5.51. The van der Waals surface area contributed by atoms with E-state index < -0.39 is 5.79 Å². The zero-order chi connectivity index (χ0) is 11.6. The molecule has 0 spiro atoms. The van der Waals surface area contributed by atoms with Gasteiger partial charge in [-0.2, -0.15) is 0 Å². The van der Waals surface area contributed by atoms with Crippen LogP contribution in [-0.2, 0) is 20.7 Å². The number of cyclic esters (lactones) is 1. The van der Waals surface area contributed by atoms with Gasteiger partial charge in [0.2, 0.25) is 5.79 Å². The molecule has 0 radical (unpaired) electrons. The van der Waals surface area contributed by atoms with Crippen molar-refractivity contribution in [2.24, 2.45) is 0 Å². The van der Waals surface area contributed by atoms with Crippen molar-refractivity contribution in [3.05, 3.63) is 35.9 Å². The minimum absolute atomic E-state index is 0.0741. The second-order valence-electron chi connectivity index (χ2n) is 4.40. The third kappa shape index (κ3) is 2.61. The molecule has 0 aromatic heterocycles. The maximum absolute atomic E-state index is 11.4. The number of carbonyl (C=O) groups excluding carboxylic acids is 1. The van der Waals surface area contributed by atoms with E-state index >= 15 is 0 Å². The minimum Gasteiger partial charge on any atom is -0.433 e. The van der Waals surface area contributed by atoms with Crippen LogP contribution < -0.4 is 0 Å². The normalized spacial score (nSPS) is 29.9. The molecule has 1 fully saturated rings. The number of benzene rings is 1. The lowest BCUT2D eigenvalue weighted by Gasteiger charge is -2.36. The van der Waals surface area contributed by atoms with E-state index in [2.05, 4.69) is 0 Å². The van der Waals surface area contributed by atoms with Crippen molar-refractivity contribution in [3.63, 3.8) is 0 Å². The molecular weight excluding hydrogens is 204 g/mol. The summed E-state index contributed by atoms with van der Waals surface area (Å²) in [7, 11) is 0. The SMILES string of the molecule is CC1CC(=O)OC(C)(Cc2ccccc2)O1. The molecule has 1 aromatic rings. The molecule has 1 saturated heterocycles. The van der Waals surface area contributed by atoms with Gasteiger partial charge in [0.1, 0.15) is 0 Å². The molecule has 0 bridgehead atoms. The first-order valence-corrected chi connectivity index (χ1v) is 5.51. The van der Waals surface area contributed by atoms with Crippen LogP contribution in [0.5, 0.6) is 0 Å². The molecule has 3 heteroatoms. The van der Waals surface area contributed by atoms with Gasteiger partial charge in [-0.1, -0.05) is 30.3 Å². The summed E-state index contributed by atoms with van der Waals surface area (Å²) in [5.74, 6) is -1.01. The molecule has 0 saturated carbocycles. The topological polar surface area (TPSA) is 35.5 Å². The van der Waals surface area contributed by atoms with Crippen molar-refractivity contribution < 1.29 is 14.3 Å². The molecule has 1 aliphatic heterocycles. The predicted molar refractivity (Wildman–Crippen MR) is 59.8 cm³/mol. The summed E-state index contributed by atoms with van der Waals surface area (Å²) >= 11 is 0. The summed E-state index contributed by atoms with van der Waals surface area (Å²) in [6, 6.07) is 9.89. The number of carbonyl (C=O) groups is 1. The van der Waals surface area contributed by atoms with Crippen molar-refractivity contribution in [1.29, 1.82) is 0 Å². The highest BCUT2D eigenvalue weighted by Gasteiger charge is 2.37. The van der Waals surface area contributed by atoms with Crippen LogP contribution in [0, 0.1) is 0 Å². The van der Waals surface area contributed by atoms with E-state index in [9.17, 15) is 4.79 Å². The smallest absolute Gasteiger partial charge is 0.310 e. The number of hydrogen-bond acceptors (Lipinski definition) is 3. The molecule has 3 nitrogen and oxygen atoms in total. The van der Waals surface area contributed by atoms with Gasteiger partial charge in [-0.25, -0.2) is 0 Å². The second-order valence-corrected chi connectivity index (χ2v) is 4.40. The van der Waals surface area contributed by atoms with E-state index in [0.29, 0.717) is 12.8 Å². The van der Waals surface area contributed by atoms with Gasteiger partial charge in [0.15, 0.2) is 0 Å². The Kier molecular flexibility index (Phi) is 2.97. The molecule has 2 rings (SSSR count). The lowest BCUT2D eigenvalue weighted by atomic mass is 10.0. The largest absolute Gasteiger partial charge is 0.433 e. The Bertz CT molecular complexity index is 374. The highest BCUT2D eigenvalue weighted by molar-refractivity contribution is 5.71. The van der Waals surface area contributed by atoms with E-state index in [4.69, 9.17) is 9.47 Å². The second kappa shape index (κ2) is 4.26. The number of ether oxygens (including phenoxy) is 2. The van der Waals surface area contributed by atoms with Crippen LogP contribution in [-0.4, -0.2) is 17.9 Å². The zero-order valence-corrected chi connectivity index (χ0v) is 9.60. The van der Waals surface area contributed by atoms with Crippen molar-refractivity contribution in [2.45, 2.75) is 38.6 Å². The Balaban J connectivity index is 2.10. The van der Waals surface area contributed by atoms with Crippen LogP contribution in [0.2, 0.25) is 0 Å². The molecule has 1 aliphatic rings. The molecular formula is C13H16O3. The van der Waals surface area contributed by atoms with E-state index in [-0.39, 0.29) is 12.1 Å². The molecule has 1 aromatic carbocycles. The van der Waals surface area contributed by atoms with E-state index in [0.717, 1.165) is 5.56 Å². The maximum Gasteiger partial charge on any atom is 0.310 e. The van der Waals surface area contributed by atoms with Crippen LogP contribution in [0.4, 0.5) is 0 Å². The van der Waals surface area contributed by atoms with Crippen molar-refractivity contribution >= 4 is 5.97 Å². The third-order valence-corrected chi connectivity index (χ3v) is 2.60. The molecule has 0 amide bonds. The number of esters is 1. The van der Waals surface area contributed by atoms with Gasteiger partial charge in [0.05, 0.1) is 12.5 Å².